The van der Waals surface area contributed by atoms with Gasteiger partial charge in [-0.1, -0.05) is 0 Å². The van der Waals surface area contributed by atoms with Crippen molar-refractivity contribution in [2.75, 3.05) is 20.2 Å². The third kappa shape index (κ3) is 3.26. The molecule has 5 rings (SSSR count). The van der Waals surface area contributed by atoms with E-state index < -0.39 is 0 Å². The van der Waals surface area contributed by atoms with Gasteiger partial charge in [0.15, 0.2) is 0 Å². The van der Waals surface area contributed by atoms with E-state index in [2.05, 4.69) is 45.6 Å². The van der Waals surface area contributed by atoms with Crippen LogP contribution in [0.25, 0.3) is 11.3 Å². The van der Waals surface area contributed by atoms with Crippen molar-refractivity contribution in [1.82, 2.24) is 14.5 Å². The molecule has 28 heavy (non-hydrogen) atoms. The summed E-state index contributed by atoms with van der Waals surface area (Å²) in [6.45, 7) is 6.70. The Morgan fingerprint density at radius 1 is 1.18 bits per heavy atom. The predicted molar refractivity (Wildman–Crippen MR) is 111 cm³/mol. The molecule has 1 unspecified atom stereocenters. The first kappa shape index (κ1) is 17.9. The number of benzene rings is 1. The van der Waals surface area contributed by atoms with Crippen LogP contribution < -0.4 is 4.74 Å². The number of hydrogen-bond donors (Lipinski definition) is 0. The Morgan fingerprint density at radius 3 is 2.79 bits per heavy atom. The maximum absolute atomic E-state index is 6.37. The lowest BCUT2D eigenvalue weighted by atomic mass is 10.0. The summed E-state index contributed by atoms with van der Waals surface area (Å²) in [7, 11) is 1.69. The minimum atomic E-state index is -0.110. The quantitative estimate of drug-likeness (QED) is 0.667. The minimum Gasteiger partial charge on any atom is -0.497 e. The van der Waals surface area contributed by atoms with Gasteiger partial charge in [0.1, 0.15) is 23.8 Å². The number of ether oxygens (including phenoxy) is 2. The van der Waals surface area contributed by atoms with Gasteiger partial charge in [-0.15, -0.1) is 11.3 Å². The molecule has 5 nitrogen and oxygen atoms in total. The molecule has 4 heterocycles. The Balaban J connectivity index is 1.35. The molecule has 3 aromatic rings. The summed E-state index contributed by atoms with van der Waals surface area (Å²) >= 11 is 1.89. The molecule has 1 saturated heterocycles. The standard InChI is InChI=1S/C22H25N3O2S/c1-16-3-8-19(28-16)12-24-10-9-22(14-24)15-25-20(11-23-21(25)13-27-22)17-4-6-18(26-2)7-5-17/h3-8,11H,9-10,12-15H2,1-2H3. The molecular weight excluding hydrogens is 370 g/mol. The smallest absolute Gasteiger partial charge is 0.135 e. The van der Waals surface area contributed by atoms with Gasteiger partial charge in [0, 0.05) is 35.0 Å². The van der Waals surface area contributed by atoms with Gasteiger partial charge in [0.05, 0.1) is 25.5 Å². The number of thiophene rings is 1. The molecule has 2 aliphatic heterocycles. The van der Waals surface area contributed by atoms with Gasteiger partial charge in [0.2, 0.25) is 0 Å². The number of aromatic nitrogens is 2. The average molecular weight is 396 g/mol. The zero-order chi connectivity index (χ0) is 19.1. The largest absolute Gasteiger partial charge is 0.497 e. The van der Waals surface area contributed by atoms with Crippen LogP contribution in [0.4, 0.5) is 0 Å². The average Bonchev–Trinajstić information content (AvgIpc) is 3.42. The fourth-order valence-electron chi connectivity index (χ4n) is 4.35. The highest BCUT2D eigenvalue weighted by Gasteiger charge is 2.43. The van der Waals surface area contributed by atoms with Crippen molar-refractivity contribution in [3.05, 3.63) is 58.2 Å². The van der Waals surface area contributed by atoms with Gasteiger partial charge in [-0.3, -0.25) is 4.90 Å². The second-order valence-electron chi connectivity index (χ2n) is 7.82. The Labute approximate surface area is 169 Å². The molecule has 0 saturated carbocycles. The number of methoxy groups -OCH3 is 1. The van der Waals surface area contributed by atoms with Crippen LogP contribution in [0, 0.1) is 6.92 Å². The second kappa shape index (κ2) is 7.03. The molecule has 2 aliphatic rings. The molecule has 0 amide bonds. The lowest BCUT2D eigenvalue weighted by Crippen LogP contribution is -2.44. The molecule has 0 bridgehead atoms. The molecule has 1 spiro atoms. The molecule has 1 fully saturated rings. The van der Waals surface area contributed by atoms with E-state index in [0.717, 1.165) is 49.9 Å². The van der Waals surface area contributed by atoms with Gasteiger partial charge in [-0.2, -0.15) is 0 Å². The van der Waals surface area contributed by atoms with E-state index in [1.165, 1.54) is 15.3 Å². The zero-order valence-corrected chi connectivity index (χ0v) is 17.2. The predicted octanol–water partition coefficient (Wildman–Crippen LogP) is 4.10. The summed E-state index contributed by atoms with van der Waals surface area (Å²) in [5.41, 5.74) is 2.22. The van der Waals surface area contributed by atoms with E-state index in [4.69, 9.17) is 9.47 Å². The Hall–Kier alpha value is -2.15. The summed E-state index contributed by atoms with van der Waals surface area (Å²) in [6.07, 6.45) is 3.04. The van der Waals surface area contributed by atoms with Gasteiger partial charge < -0.3 is 14.0 Å². The van der Waals surface area contributed by atoms with Crippen LogP contribution in [0.3, 0.4) is 0 Å². The molecule has 0 radical (unpaired) electrons. The van der Waals surface area contributed by atoms with Gasteiger partial charge in [-0.05, 0) is 49.7 Å². The number of likely N-dealkylation sites (tertiary alicyclic amines) is 1. The number of hydrogen-bond acceptors (Lipinski definition) is 5. The van der Waals surface area contributed by atoms with Crippen molar-refractivity contribution in [3.63, 3.8) is 0 Å². The minimum absolute atomic E-state index is 0.110. The third-order valence-corrected chi connectivity index (χ3v) is 6.83. The topological polar surface area (TPSA) is 39.5 Å². The molecule has 0 aliphatic carbocycles. The van der Waals surface area contributed by atoms with Crippen molar-refractivity contribution in [3.8, 4) is 17.0 Å². The monoisotopic (exact) mass is 395 g/mol. The number of nitrogens with zero attached hydrogens (tertiary/aromatic N) is 3. The van der Waals surface area contributed by atoms with Gasteiger partial charge in [0.25, 0.3) is 0 Å². The highest BCUT2D eigenvalue weighted by molar-refractivity contribution is 7.11. The summed E-state index contributed by atoms with van der Waals surface area (Å²) in [5.74, 6) is 1.89. The first-order valence-corrected chi connectivity index (χ1v) is 10.6. The molecule has 6 heteroatoms. The highest BCUT2D eigenvalue weighted by atomic mass is 32.1. The lowest BCUT2D eigenvalue weighted by Gasteiger charge is -2.35. The molecule has 1 atom stereocenters. The molecule has 146 valence electrons. The van der Waals surface area contributed by atoms with Crippen molar-refractivity contribution < 1.29 is 9.47 Å². The van der Waals surface area contributed by atoms with Crippen LogP contribution in [0.2, 0.25) is 0 Å². The maximum atomic E-state index is 6.37. The summed E-state index contributed by atoms with van der Waals surface area (Å²) < 4.78 is 14.0. The first-order chi connectivity index (χ1) is 13.6. The second-order valence-corrected chi connectivity index (χ2v) is 9.19. The molecule has 2 aromatic heterocycles. The molecule has 1 aromatic carbocycles. The number of aryl methyl sites for hydroxylation is 1. The molecule has 0 N–H and O–H groups in total. The van der Waals surface area contributed by atoms with Crippen LogP contribution in [0.1, 0.15) is 22.0 Å². The van der Waals surface area contributed by atoms with Gasteiger partial charge in [-0.25, -0.2) is 4.98 Å². The van der Waals surface area contributed by atoms with Gasteiger partial charge >= 0.3 is 0 Å². The van der Waals surface area contributed by atoms with E-state index in [1.807, 2.05) is 29.7 Å². The summed E-state index contributed by atoms with van der Waals surface area (Å²) in [6, 6.07) is 12.7. The number of imidazole rings is 1. The summed E-state index contributed by atoms with van der Waals surface area (Å²) in [5, 5.41) is 0. The number of fused-ring (bicyclic) bond motifs is 1. The van der Waals surface area contributed by atoms with E-state index >= 15 is 0 Å². The first-order valence-electron chi connectivity index (χ1n) is 9.75. The Morgan fingerprint density at radius 2 is 2.04 bits per heavy atom. The molecular formula is C22H25N3O2S. The summed E-state index contributed by atoms with van der Waals surface area (Å²) in [4.78, 5) is 9.96. The Kier molecular flexibility index (Phi) is 4.50. The lowest BCUT2D eigenvalue weighted by molar-refractivity contribution is -0.0821. The van der Waals surface area contributed by atoms with E-state index in [-0.39, 0.29) is 5.60 Å². The maximum Gasteiger partial charge on any atom is 0.135 e. The number of rotatable bonds is 4. The fourth-order valence-corrected chi connectivity index (χ4v) is 5.28. The van der Waals surface area contributed by atoms with Crippen molar-refractivity contribution in [1.29, 1.82) is 0 Å². The Bertz CT molecular complexity index is 978. The van der Waals surface area contributed by atoms with Crippen LogP contribution >= 0.6 is 11.3 Å². The van der Waals surface area contributed by atoms with Crippen molar-refractivity contribution in [2.45, 2.75) is 38.6 Å². The van der Waals surface area contributed by atoms with Crippen LogP contribution in [0.15, 0.2) is 42.6 Å². The third-order valence-electron chi connectivity index (χ3n) is 5.85. The highest BCUT2D eigenvalue weighted by Crippen LogP contribution is 2.36. The van der Waals surface area contributed by atoms with Crippen LogP contribution in [0.5, 0.6) is 5.75 Å². The van der Waals surface area contributed by atoms with Crippen LogP contribution in [-0.4, -0.2) is 40.3 Å². The van der Waals surface area contributed by atoms with Crippen LogP contribution in [-0.2, 0) is 24.4 Å². The SMILES string of the molecule is COc1ccc(-c2cnc3n2CC2(CCN(Cc4ccc(C)s4)C2)OC3)cc1. The fraction of sp³-hybridized carbons (Fsp3) is 0.409. The van der Waals surface area contributed by atoms with Crippen molar-refractivity contribution >= 4 is 11.3 Å². The van der Waals surface area contributed by atoms with E-state index in [1.54, 1.807) is 7.11 Å². The zero-order valence-electron chi connectivity index (χ0n) is 16.4. The van der Waals surface area contributed by atoms with Crippen molar-refractivity contribution in [2.24, 2.45) is 0 Å². The van der Waals surface area contributed by atoms with E-state index in [0.29, 0.717) is 6.61 Å². The normalized spacial score (nSPS) is 21.9. The van der Waals surface area contributed by atoms with E-state index in [9.17, 15) is 0 Å².